The maximum Gasteiger partial charge on any atom is 0.304 e. The molecule has 0 aromatic rings. The minimum absolute atomic E-state index is 0.300. The Morgan fingerprint density at radius 1 is 0.913 bits per heavy atom. The Kier molecular flexibility index (Phi) is 9.53. The van der Waals surface area contributed by atoms with Gasteiger partial charge in [-0.2, -0.15) is 5.26 Å². The maximum atomic E-state index is 11.2. The number of rotatable bonds is 9. The van der Waals surface area contributed by atoms with Crippen molar-refractivity contribution in [2.24, 2.45) is 0 Å². The average Bonchev–Trinajstić information content (AvgIpc) is 2.46. The van der Waals surface area contributed by atoms with E-state index in [2.05, 4.69) is 0 Å². The Bertz CT molecular complexity index is 458. The first-order valence-electron chi connectivity index (χ1n) is 6.69. The SMILES string of the molecule is CO[C@@H]([C@H](OC)[C@@H](COC(C)=O)OC(C)=O)[C@@H](C#N)OC(C)=O. The van der Waals surface area contributed by atoms with Crippen molar-refractivity contribution in [3.8, 4) is 6.07 Å². The summed E-state index contributed by atoms with van der Waals surface area (Å²) in [5, 5.41) is 9.15. The molecule has 0 aliphatic rings. The van der Waals surface area contributed by atoms with E-state index in [0.717, 1.165) is 6.92 Å². The summed E-state index contributed by atoms with van der Waals surface area (Å²) in [6, 6.07) is 1.78. The topological polar surface area (TPSA) is 121 Å². The van der Waals surface area contributed by atoms with Gasteiger partial charge >= 0.3 is 17.9 Å². The summed E-state index contributed by atoms with van der Waals surface area (Å²) < 4.78 is 25.2. The third-order valence-corrected chi connectivity index (χ3v) is 2.72. The number of hydrogen-bond acceptors (Lipinski definition) is 9. The molecule has 0 aliphatic carbocycles. The van der Waals surface area contributed by atoms with Gasteiger partial charge in [-0.1, -0.05) is 0 Å². The number of ether oxygens (including phenoxy) is 5. The summed E-state index contributed by atoms with van der Waals surface area (Å²) in [6.07, 6.45) is -4.41. The number of nitriles is 1. The smallest absolute Gasteiger partial charge is 0.304 e. The second-order valence-electron chi connectivity index (χ2n) is 4.51. The van der Waals surface area contributed by atoms with Crippen LogP contribution < -0.4 is 0 Å². The quantitative estimate of drug-likeness (QED) is 0.423. The molecule has 0 radical (unpaired) electrons. The highest BCUT2D eigenvalue weighted by atomic mass is 16.6. The van der Waals surface area contributed by atoms with Gasteiger partial charge in [0.1, 0.15) is 24.9 Å². The van der Waals surface area contributed by atoms with E-state index < -0.39 is 42.3 Å². The van der Waals surface area contributed by atoms with Crippen molar-refractivity contribution in [2.45, 2.75) is 45.2 Å². The molecule has 4 atom stereocenters. The monoisotopic (exact) mass is 331 g/mol. The Morgan fingerprint density at radius 2 is 1.43 bits per heavy atom. The van der Waals surface area contributed by atoms with Crippen molar-refractivity contribution in [1.82, 2.24) is 0 Å². The summed E-state index contributed by atoms with van der Waals surface area (Å²) in [4.78, 5) is 33.3. The summed E-state index contributed by atoms with van der Waals surface area (Å²) in [5.74, 6) is -1.90. The van der Waals surface area contributed by atoms with Crippen molar-refractivity contribution in [1.29, 1.82) is 5.26 Å². The van der Waals surface area contributed by atoms with E-state index in [1.807, 2.05) is 0 Å². The van der Waals surface area contributed by atoms with Crippen LogP contribution in [-0.2, 0) is 38.1 Å². The molecule has 0 saturated carbocycles. The lowest BCUT2D eigenvalue weighted by atomic mass is 10.0. The molecule has 0 heterocycles. The first kappa shape index (κ1) is 20.8. The van der Waals surface area contributed by atoms with Crippen LogP contribution in [0.2, 0.25) is 0 Å². The van der Waals surface area contributed by atoms with Gasteiger partial charge in [0.15, 0.2) is 6.10 Å². The van der Waals surface area contributed by atoms with Gasteiger partial charge in [0, 0.05) is 35.0 Å². The van der Waals surface area contributed by atoms with Gasteiger partial charge in [-0.05, 0) is 0 Å². The Labute approximate surface area is 134 Å². The molecular formula is C14H21NO8. The Hall–Kier alpha value is -2.18. The maximum absolute atomic E-state index is 11.2. The summed E-state index contributed by atoms with van der Waals surface area (Å²) in [6.45, 7) is 3.20. The first-order valence-corrected chi connectivity index (χ1v) is 6.69. The van der Waals surface area contributed by atoms with Gasteiger partial charge in [0.05, 0.1) is 0 Å². The number of carbonyl (C=O) groups is 3. The lowest BCUT2D eigenvalue weighted by Crippen LogP contribution is -2.50. The second kappa shape index (κ2) is 10.5. The summed E-state index contributed by atoms with van der Waals surface area (Å²) in [5.41, 5.74) is 0. The highest BCUT2D eigenvalue weighted by Crippen LogP contribution is 2.17. The lowest BCUT2D eigenvalue weighted by Gasteiger charge is -2.32. The fourth-order valence-corrected chi connectivity index (χ4v) is 1.88. The zero-order chi connectivity index (χ0) is 18.0. The van der Waals surface area contributed by atoms with Crippen LogP contribution in [0.25, 0.3) is 0 Å². The van der Waals surface area contributed by atoms with E-state index in [0.29, 0.717) is 0 Å². The second-order valence-corrected chi connectivity index (χ2v) is 4.51. The normalized spacial score (nSPS) is 15.5. The Balaban J connectivity index is 5.36. The van der Waals surface area contributed by atoms with Gasteiger partial charge in [-0.25, -0.2) is 0 Å². The van der Waals surface area contributed by atoms with Crippen LogP contribution in [0, 0.1) is 11.3 Å². The van der Waals surface area contributed by atoms with Crippen LogP contribution in [0.3, 0.4) is 0 Å². The van der Waals surface area contributed by atoms with Gasteiger partial charge in [0.25, 0.3) is 0 Å². The van der Waals surface area contributed by atoms with Gasteiger partial charge < -0.3 is 23.7 Å². The molecule has 0 amide bonds. The molecule has 0 aliphatic heterocycles. The third kappa shape index (κ3) is 7.58. The fourth-order valence-electron chi connectivity index (χ4n) is 1.88. The standard InChI is InChI=1S/C14H21NO8/c1-8(16)21-7-12(23-10(3)18)14(20-5)13(19-4)11(6-15)22-9(2)17/h11-14H,7H2,1-5H3/t11-,12-,13-,14-/m1/s1. The molecule has 0 spiro atoms. The molecule has 130 valence electrons. The van der Waals surface area contributed by atoms with Crippen LogP contribution in [0.4, 0.5) is 0 Å². The molecular weight excluding hydrogens is 310 g/mol. The minimum Gasteiger partial charge on any atom is -0.462 e. The highest BCUT2D eigenvalue weighted by molar-refractivity contribution is 5.67. The highest BCUT2D eigenvalue weighted by Gasteiger charge is 2.39. The molecule has 9 nitrogen and oxygen atoms in total. The number of nitrogens with zero attached hydrogens (tertiary/aromatic N) is 1. The number of methoxy groups -OCH3 is 2. The van der Waals surface area contributed by atoms with Crippen LogP contribution in [0.15, 0.2) is 0 Å². The average molecular weight is 331 g/mol. The molecule has 9 heteroatoms. The predicted molar refractivity (Wildman–Crippen MR) is 74.9 cm³/mol. The molecule has 0 fully saturated rings. The van der Waals surface area contributed by atoms with Crippen LogP contribution >= 0.6 is 0 Å². The van der Waals surface area contributed by atoms with Gasteiger partial charge in [-0.15, -0.1) is 0 Å². The molecule has 0 N–H and O–H groups in total. The van der Waals surface area contributed by atoms with Crippen LogP contribution in [0.1, 0.15) is 20.8 Å². The van der Waals surface area contributed by atoms with Crippen molar-refractivity contribution < 1.29 is 38.1 Å². The Morgan fingerprint density at radius 3 is 1.78 bits per heavy atom. The van der Waals surface area contributed by atoms with Crippen LogP contribution in [-0.4, -0.2) is 63.2 Å². The lowest BCUT2D eigenvalue weighted by molar-refractivity contribution is -0.184. The van der Waals surface area contributed by atoms with E-state index in [1.165, 1.54) is 28.1 Å². The molecule has 0 aromatic heterocycles. The van der Waals surface area contributed by atoms with E-state index in [4.69, 9.17) is 28.9 Å². The number of hydrogen-bond donors (Lipinski definition) is 0. The van der Waals surface area contributed by atoms with Crippen molar-refractivity contribution in [3.05, 3.63) is 0 Å². The molecule has 0 unspecified atom stereocenters. The van der Waals surface area contributed by atoms with Gasteiger partial charge in [-0.3, -0.25) is 14.4 Å². The zero-order valence-corrected chi connectivity index (χ0v) is 13.7. The predicted octanol–water partition coefficient (Wildman–Crippen LogP) is -0.0335. The third-order valence-electron chi connectivity index (χ3n) is 2.72. The van der Waals surface area contributed by atoms with Crippen molar-refractivity contribution >= 4 is 17.9 Å². The van der Waals surface area contributed by atoms with Crippen molar-refractivity contribution in [3.63, 3.8) is 0 Å². The summed E-state index contributed by atoms with van der Waals surface area (Å²) in [7, 11) is 2.57. The molecule has 0 saturated heterocycles. The van der Waals surface area contributed by atoms with E-state index in [-0.39, 0.29) is 6.61 Å². The largest absolute Gasteiger partial charge is 0.462 e. The number of carbonyl (C=O) groups excluding carboxylic acids is 3. The molecule has 23 heavy (non-hydrogen) atoms. The molecule has 0 aromatic carbocycles. The minimum atomic E-state index is -1.29. The van der Waals surface area contributed by atoms with E-state index >= 15 is 0 Å². The first-order chi connectivity index (χ1) is 10.8. The molecule has 0 bridgehead atoms. The number of esters is 3. The summed E-state index contributed by atoms with van der Waals surface area (Å²) >= 11 is 0. The molecule has 0 rings (SSSR count). The fraction of sp³-hybridized carbons (Fsp3) is 0.714. The van der Waals surface area contributed by atoms with Crippen LogP contribution in [0.5, 0.6) is 0 Å². The zero-order valence-electron chi connectivity index (χ0n) is 13.7. The van der Waals surface area contributed by atoms with E-state index in [9.17, 15) is 14.4 Å². The van der Waals surface area contributed by atoms with Gasteiger partial charge in [0.2, 0.25) is 6.10 Å². The van der Waals surface area contributed by atoms with Crippen molar-refractivity contribution in [2.75, 3.05) is 20.8 Å². The van der Waals surface area contributed by atoms with E-state index in [1.54, 1.807) is 6.07 Å².